The molecular weight excluding hydrogens is 316 g/mol. The van der Waals surface area contributed by atoms with Crippen LogP contribution in [0.3, 0.4) is 0 Å². The second kappa shape index (κ2) is 6.86. The number of rotatable bonds is 4. The van der Waals surface area contributed by atoms with Gasteiger partial charge in [-0.3, -0.25) is 5.32 Å². The summed E-state index contributed by atoms with van der Waals surface area (Å²) in [5.41, 5.74) is 0.457. The van der Waals surface area contributed by atoms with Gasteiger partial charge in [0.05, 0.1) is 25.9 Å². The number of ether oxygens (including phenoxy) is 4. The molecule has 1 aromatic rings. The van der Waals surface area contributed by atoms with Crippen molar-refractivity contribution >= 4 is 17.9 Å². The number of hydrogen-bond donors (Lipinski definition) is 2. The average Bonchev–Trinajstić information content (AvgIpc) is 2.90. The van der Waals surface area contributed by atoms with Crippen molar-refractivity contribution < 1.29 is 28.5 Å². The van der Waals surface area contributed by atoms with Crippen molar-refractivity contribution in [1.82, 2.24) is 5.32 Å². The molecule has 0 radical (unpaired) electrons. The molecule has 0 spiro atoms. The van der Waals surface area contributed by atoms with Gasteiger partial charge in [0.15, 0.2) is 11.5 Å². The SMILES string of the molecule is COc1cc(C2COC(=O)N2)cc(NC(=O)OC(C)(C)C)c1OC. The number of benzene rings is 1. The summed E-state index contributed by atoms with van der Waals surface area (Å²) in [5, 5.41) is 5.32. The van der Waals surface area contributed by atoms with E-state index in [-0.39, 0.29) is 12.6 Å². The van der Waals surface area contributed by atoms with Gasteiger partial charge in [-0.15, -0.1) is 0 Å². The maximum absolute atomic E-state index is 12.1. The summed E-state index contributed by atoms with van der Waals surface area (Å²) >= 11 is 0. The minimum absolute atomic E-state index is 0.195. The van der Waals surface area contributed by atoms with Gasteiger partial charge in [0, 0.05) is 0 Å². The van der Waals surface area contributed by atoms with Gasteiger partial charge in [-0.2, -0.15) is 0 Å². The van der Waals surface area contributed by atoms with Gasteiger partial charge in [-0.1, -0.05) is 0 Å². The van der Waals surface area contributed by atoms with Crippen LogP contribution in [0.5, 0.6) is 11.5 Å². The molecule has 24 heavy (non-hydrogen) atoms. The normalized spacial score (nSPS) is 16.9. The van der Waals surface area contributed by atoms with E-state index in [0.29, 0.717) is 22.7 Å². The number of amides is 2. The van der Waals surface area contributed by atoms with E-state index in [1.54, 1.807) is 32.9 Å². The summed E-state index contributed by atoms with van der Waals surface area (Å²) in [4.78, 5) is 23.3. The zero-order valence-corrected chi connectivity index (χ0v) is 14.4. The van der Waals surface area contributed by atoms with Gasteiger partial charge in [-0.25, -0.2) is 9.59 Å². The van der Waals surface area contributed by atoms with Crippen LogP contribution in [0.2, 0.25) is 0 Å². The number of alkyl carbamates (subject to hydrolysis) is 1. The molecule has 0 saturated carbocycles. The quantitative estimate of drug-likeness (QED) is 0.876. The van der Waals surface area contributed by atoms with E-state index in [1.807, 2.05) is 0 Å². The molecule has 1 aromatic carbocycles. The smallest absolute Gasteiger partial charge is 0.412 e. The molecule has 0 aromatic heterocycles. The Labute approximate surface area is 140 Å². The lowest BCUT2D eigenvalue weighted by atomic mass is 10.1. The lowest BCUT2D eigenvalue weighted by Gasteiger charge is -2.21. The highest BCUT2D eigenvalue weighted by atomic mass is 16.6. The van der Waals surface area contributed by atoms with E-state index in [1.165, 1.54) is 14.2 Å². The predicted octanol–water partition coefficient (Wildman–Crippen LogP) is 2.83. The standard InChI is InChI=1S/C16H22N2O6/c1-16(2,3)24-15(20)17-10-6-9(11-8-23-14(19)18-11)7-12(21-4)13(10)22-5/h6-7,11H,8H2,1-5H3,(H,17,20)(H,18,19). The summed E-state index contributed by atoms with van der Waals surface area (Å²) in [5.74, 6) is 0.777. The Morgan fingerprint density at radius 3 is 2.50 bits per heavy atom. The Bertz CT molecular complexity index is 638. The number of hydrogen-bond acceptors (Lipinski definition) is 6. The molecule has 2 rings (SSSR count). The van der Waals surface area contributed by atoms with Gasteiger partial charge < -0.3 is 24.3 Å². The van der Waals surface area contributed by atoms with Crippen molar-refractivity contribution in [3.05, 3.63) is 17.7 Å². The first-order valence-electron chi connectivity index (χ1n) is 7.42. The van der Waals surface area contributed by atoms with Crippen molar-refractivity contribution in [2.45, 2.75) is 32.4 Å². The molecule has 132 valence electrons. The zero-order valence-electron chi connectivity index (χ0n) is 14.4. The van der Waals surface area contributed by atoms with Crippen molar-refractivity contribution in [3.63, 3.8) is 0 Å². The molecule has 1 heterocycles. The van der Waals surface area contributed by atoms with Crippen LogP contribution in [0.15, 0.2) is 12.1 Å². The molecule has 1 aliphatic heterocycles. The van der Waals surface area contributed by atoms with Crippen molar-refractivity contribution in [3.8, 4) is 11.5 Å². The van der Waals surface area contributed by atoms with Crippen LogP contribution in [-0.4, -0.2) is 38.6 Å². The first kappa shape index (κ1) is 17.7. The van der Waals surface area contributed by atoms with Crippen molar-refractivity contribution in [1.29, 1.82) is 0 Å². The van der Waals surface area contributed by atoms with E-state index in [4.69, 9.17) is 18.9 Å². The Balaban J connectivity index is 2.33. The van der Waals surface area contributed by atoms with Gasteiger partial charge >= 0.3 is 12.2 Å². The second-order valence-corrected chi connectivity index (χ2v) is 6.23. The summed E-state index contributed by atoms with van der Waals surface area (Å²) < 4.78 is 20.8. The maximum Gasteiger partial charge on any atom is 0.412 e. The predicted molar refractivity (Wildman–Crippen MR) is 86.6 cm³/mol. The lowest BCUT2D eigenvalue weighted by Crippen LogP contribution is -2.27. The van der Waals surface area contributed by atoms with Gasteiger partial charge in [0.2, 0.25) is 0 Å². The molecule has 1 unspecified atom stereocenters. The minimum Gasteiger partial charge on any atom is -0.493 e. The molecule has 1 atom stereocenters. The molecule has 0 bridgehead atoms. The fourth-order valence-electron chi connectivity index (χ4n) is 2.26. The fourth-order valence-corrected chi connectivity index (χ4v) is 2.26. The van der Waals surface area contributed by atoms with Gasteiger partial charge in [0.1, 0.15) is 12.2 Å². The highest BCUT2D eigenvalue weighted by Gasteiger charge is 2.27. The van der Waals surface area contributed by atoms with Crippen molar-refractivity contribution in [2.24, 2.45) is 0 Å². The lowest BCUT2D eigenvalue weighted by molar-refractivity contribution is 0.0635. The molecule has 1 saturated heterocycles. The fraction of sp³-hybridized carbons (Fsp3) is 0.500. The van der Waals surface area contributed by atoms with E-state index < -0.39 is 17.8 Å². The third kappa shape index (κ3) is 4.21. The number of nitrogens with one attached hydrogen (secondary N) is 2. The Hall–Kier alpha value is -2.64. The second-order valence-electron chi connectivity index (χ2n) is 6.23. The van der Waals surface area contributed by atoms with Gasteiger partial charge in [-0.05, 0) is 38.5 Å². The van der Waals surface area contributed by atoms with Crippen LogP contribution in [0.25, 0.3) is 0 Å². The Morgan fingerprint density at radius 2 is 2.00 bits per heavy atom. The van der Waals surface area contributed by atoms with Crippen molar-refractivity contribution in [2.75, 3.05) is 26.1 Å². The number of carbonyl (C=O) groups excluding carboxylic acids is 2. The number of methoxy groups -OCH3 is 2. The third-order valence-electron chi connectivity index (χ3n) is 3.21. The molecule has 8 heteroatoms. The highest BCUT2D eigenvalue weighted by Crippen LogP contribution is 2.39. The van der Waals surface area contributed by atoms with Gasteiger partial charge in [0.25, 0.3) is 0 Å². The summed E-state index contributed by atoms with van der Waals surface area (Å²) in [7, 11) is 2.96. The molecule has 0 aliphatic carbocycles. The minimum atomic E-state index is -0.633. The molecule has 2 amide bonds. The topological polar surface area (TPSA) is 95.1 Å². The molecule has 1 aliphatic rings. The zero-order chi connectivity index (χ0) is 17.9. The monoisotopic (exact) mass is 338 g/mol. The maximum atomic E-state index is 12.1. The Kier molecular flexibility index (Phi) is 5.06. The highest BCUT2D eigenvalue weighted by molar-refractivity contribution is 5.88. The van der Waals surface area contributed by atoms with Crippen LogP contribution in [0.1, 0.15) is 32.4 Å². The van der Waals surface area contributed by atoms with Crippen LogP contribution in [-0.2, 0) is 9.47 Å². The van der Waals surface area contributed by atoms with E-state index in [0.717, 1.165) is 0 Å². The van der Waals surface area contributed by atoms with E-state index in [2.05, 4.69) is 10.6 Å². The molecular formula is C16H22N2O6. The molecule has 8 nitrogen and oxygen atoms in total. The third-order valence-corrected chi connectivity index (χ3v) is 3.21. The Morgan fingerprint density at radius 1 is 1.29 bits per heavy atom. The molecule has 2 N–H and O–H groups in total. The van der Waals surface area contributed by atoms with Crippen LogP contribution in [0, 0.1) is 0 Å². The molecule has 1 fully saturated rings. The van der Waals surface area contributed by atoms with Crippen LogP contribution >= 0.6 is 0 Å². The first-order chi connectivity index (χ1) is 11.2. The largest absolute Gasteiger partial charge is 0.493 e. The number of carbonyl (C=O) groups is 2. The number of anilines is 1. The average molecular weight is 338 g/mol. The van der Waals surface area contributed by atoms with Crippen LogP contribution in [0.4, 0.5) is 15.3 Å². The van der Waals surface area contributed by atoms with E-state index >= 15 is 0 Å². The summed E-state index contributed by atoms with van der Waals surface area (Å²) in [6.07, 6.45) is -1.11. The summed E-state index contributed by atoms with van der Waals surface area (Å²) in [6.45, 7) is 5.50. The van der Waals surface area contributed by atoms with E-state index in [9.17, 15) is 9.59 Å². The summed E-state index contributed by atoms with van der Waals surface area (Å²) in [6, 6.07) is 3.07. The first-order valence-corrected chi connectivity index (χ1v) is 7.42. The van der Waals surface area contributed by atoms with Crippen LogP contribution < -0.4 is 20.1 Å². The number of cyclic esters (lactones) is 1.